The second kappa shape index (κ2) is 6.55. The lowest BCUT2D eigenvalue weighted by Gasteiger charge is -2.32. The van der Waals surface area contributed by atoms with Crippen LogP contribution in [0.25, 0.3) is 0 Å². The molecule has 3 nitrogen and oxygen atoms in total. The molecule has 0 saturated heterocycles. The van der Waals surface area contributed by atoms with Gasteiger partial charge in [0.15, 0.2) is 0 Å². The van der Waals surface area contributed by atoms with Crippen LogP contribution in [0.2, 0.25) is 0 Å². The molecule has 0 aromatic heterocycles. The average Bonchev–Trinajstić information content (AvgIpc) is 2.37. The van der Waals surface area contributed by atoms with Crippen molar-refractivity contribution < 1.29 is 14.6 Å². The summed E-state index contributed by atoms with van der Waals surface area (Å²) in [6, 6.07) is 9.49. The van der Waals surface area contributed by atoms with Crippen molar-refractivity contribution in [3.63, 3.8) is 0 Å². The third-order valence-electron chi connectivity index (χ3n) is 3.24. The van der Waals surface area contributed by atoms with Crippen molar-refractivity contribution >= 4 is 5.97 Å². The Kier molecular flexibility index (Phi) is 5.35. The van der Waals surface area contributed by atoms with Gasteiger partial charge in [0, 0.05) is 6.42 Å². The van der Waals surface area contributed by atoms with Crippen LogP contribution in [0.4, 0.5) is 0 Å². The van der Waals surface area contributed by atoms with Gasteiger partial charge in [-0.2, -0.15) is 0 Å². The van der Waals surface area contributed by atoms with Crippen LogP contribution in [0.15, 0.2) is 30.3 Å². The standard InChI is InChI=1S/C15H22O3/c1-4-18-14(16)10-11-15(17,12(2)3)13-8-6-5-7-9-13/h5-9,12,17H,4,10-11H2,1-3H3. The summed E-state index contributed by atoms with van der Waals surface area (Å²) in [6.07, 6.45) is 0.616. The van der Waals surface area contributed by atoms with Gasteiger partial charge in [0.1, 0.15) is 0 Å². The predicted octanol–water partition coefficient (Wildman–Crippen LogP) is 2.87. The van der Waals surface area contributed by atoms with Gasteiger partial charge in [-0.1, -0.05) is 44.2 Å². The maximum absolute atomic E-state index is 11.4. The zero-order chi connectivity index (χ0) is 13.6. The lowest BCUT2D eigenvalue weighted by atomic mass is 9.80. The molecule has 0 bridgehead atoms. The molecule has 0 aliphatic heterocycles. The fourth-order valence-corrected chi connectivity index (χ4v) is 2.02. The molecule has 0 aliphatic carbocycles. The Hall–Kier alpha value is -1.35. The first-order valence-corrected chi connectivity index (χ1v) is 6.44. The maximum Gasteiger partial charge on any atom is 0.305 e. The highest BCUT2D eigenvalue weighted by molar-refractivity contribution is 5.69. The van der Waals surface area contributed by atoms with Gasteiger partial charge in [0.05, 0.1) is 12.2 Å². The van der Waals surface area contributed by atoms with Crippen molar-refractivity contribution in [2.24, 2.45) is 5.92 Å². The Labute approximate surface area is 109 Å². The average molecular weight is 250 g/mol. The number of carbonyl (C=O) groups is 1. The van der Waals surface area contributed by atoms with E-state index in [1.807, 2.05) is 44.2 Å². The van der Waals surface area contributed by atoms with Crippen molar-refractivity contribution in [2.45, 2.75) is 39.2 Å². The van der Waals surface area contributed by atoms with E-state index in [2.05, 4.69) is 0 Å². The van der Waals surface area contributed by atoms with Crippen molar-refractivity contribution in [2.75, 3.05) is 6.61 Å². The first kappa shape index (κ1) is 14.7. The van der Waals surface area contributed by atoms with Gasteiger partial charge in [-0.25, -0.2) is 0 Å². The summed E-state index contributed by atoms with van der Waals surface area (Å²) < 4.78 is 4.90. The van der Waals surface area contributed by atoms with E-state index in [1.54, 1.807) is 6.92 Å². The molecule has 0 spiro atoms. The van der Waals surface area contributed by atoms with Gasteiger partial charge in [-0.15, -0.1) is 0 Å². The molecule has 1 atom stereocenters. The second-order valence-electron chi connectivity index (χ2n) is 4.75. The number of esters is 1. The summed E-state index contributed by atoms with van der Waals surface area (Å²) in [7, 11) is 0. The Morgan fingerprint density at radius 3 is 2.44 bits per heavy atom. The van der Waals surface area contributed by atoms with Gasteiger partial charge in [0.25, 0.3) is 0 Å². The molecule has 1 rings (SSSR count). The number of rotatable bonds is 6. The molecular formula is C15H22O3. The molecule has 18 heavy (non-hydrogen) atoms. The molecule has 100 valence electrons. The zero-order valence-electron chi connectivity index (χ0n) is 11.3. The third kappa shape index (κ3) is 3.57. The van der Waals surface area contributed by atoms with Crippen LogP contribution in [0.5, 0.6) is 0 Å². The molecule has 1 N–H and O–H groups in total. The molecule has 0 aliphatic rings. The Morgan fingerprint density at radius 2 is 1.94 bits per heavy atom. The van der Waals surface area contributed by atoms with Crippen molar-refractivity contribution in [1.82, 2.24) is 0 Å². The quantitative estimate of drug-likeness (QED) is 0.790. The first-order valence-electron chi connectivity index (χ1n) is 6.44. The summed E-state index contributed by atoms with van der Waals surface area (Å²) in [4.78, 5) is 11.4. The lowest BCUT2D eigenvalue weighted by molar-refractivity contribution is -0.145. The molecule has 1 aromatic carbocycles. The molecule has 1 aromatic rings. The number of hydrogen-bond acceptors (Lipinski definition) is 3. The summed E-state index contributed by atoms with van der Waals surface area (Å²) in [5.41, 5.74) is -0.127. The molecule has 3 heteroatoms. The fourth-order valence-electron chi connectivity index (χ4n) is 2.02. The number of ether oxygens (including phenoxy) is 1. The highest BCUT2D eigenvalue weighted by atomic mass is 16.5. The normalized spacial score (nSPS) is 14.3. The summed E-state index contributed by atoms with van der Waals surface area (Å²) in [6.45, 7) is 6.07. The molecule has 0 heterocycles. The Bertz CT molecular complexity index is 373. The van der Waals surface area contributed by atoms with E-state index in [1.165, 1.54) is 0 Å². The fraction of sp³-hybridized carbons (Fsp3) is 0.533. The summed E-state index contributed by atoms with van der Waals surface area (Å²) in [5, 5.41) is 10.8. The molecule has 0 amide bonds. The molecule has 0 radical (unpaired) electrons. The smallest absolute Gasteiger partial charge is 0.305 e. The zero-order valence-corrected chi connectivity index (χ0v) is 11.3. The molecular weight excluding hydrogens is 228 g/mol. The largest absolute Gasteiger partial charge is 0.466 e. The number of carbonyl (C=O) groups excluding carboxylic acids is 1. The van der Waals surface area contributed by atoms with Crippen molar-refractivity contribution in [1.29, 1.82) is 0 Å². The number of aliphatic hydroxyl groups is 1. The monoisotopic (exact) mass is 250 g/mol. The van der Waals surface area contributed by atoms with E-state index in [0.717, 1.165) is 5.56 Å². The minimum absolute atomic E-state index is 0.0364. The SMILES string of the molecule is CCOC(=O)CCC(O)(c1ccccc1)C(C)C. The van der Waals surface area contributed by atoms with E-state index in [-0.39, 0.29) is 18.3 Å². The maximum atomic E-state index is 11.4. The predicted molar refractivity (Wildman–Crippen MR) is 71.0 cm³/mol. The van der Waals surface area contributed by atoms with E-state index >= 15 is 0 Å². The van der Waals surface area contributed by atoms with Gasteiger partial charge in [-0.3, -0.25) is 4.79 Å². The minimum atomic E-state index is -0.978. The van der Waals surface area contributed by atoms with Gasteiger partial charge in [-0.05, 0) is 24.8 Å². The topological polar surface area (TPSA) is 46.5 Å². The molecule has 1 unspecified atom stereocenters. The van der Waals surface area contributed by atoms with E-state index in [9.17, 15) is 9.90 Å². The van der Waals surface area contributed by atoms with Gasteiger partial charge in [0.2, 0.25) is 0 Å². The first-order chi connectivity index (χ1) is 8.50. The van der Waals surface area contributed by atoms with Crippen LogP contribution in [-0.2, 0) is 15.1 Å². The van der Waals surface area contributed by atoms with Crippen molar-refractivity contribution in [3.8, 4) is 0 Å². The number of hydrogen-bond donors (Lipinski definition) is 1. The van der Waals surface area contributed by atoms with Crippen LogP contribution in [-0.4, -0.2) is 17.7 Å². The highest BCUT2D eigenvalue weighted by Gasteiger charge is 2.33. The second-order valence-corrected chi connectivity index (χ2v) is 4.75. The van der Waals surface area contributed by atoms with Gasteiger partial charge < -0.3 is 9.84 Å². The van der Waals surface area contributed by atoms with Crippen molar-refractivity contribution in [3.05, 3.63) is 35.9 Å². The minimum Gasteiger partial charge on any atom is -0.466 e. The lowest BCUT2D eigenvalue weighted by Crippen LogP contribution is -2.33. The Morgan fingerprint density at radius 1 is 1.33 bits per heavy atom. The molecule has 0 saturated carbocycles. The molecule has 0 fully saturated rings. The van der Waals surface area contributed by atoms with E-state index < -0.39 is 5.60 Å². The van der Waals surface area contributed by atoms with Gasteiger partial charge >= 0.3 is 5.97 Å². The van der Waals surface area contributed by atoms with Crippen LogP contribution in [0.3, 0.4) is 0 Å². The highest BCUT2D eigenvalue weighted by Crippen LogP contribution is 2.34. The van der Waals surface area contributed by atoms with Crippen LogP contribution in [0, 0.1) is 5.92 Å². The van der Waals surface area contributed by atoms with Crippen LogP contribution < -0.4 is 0 Å². The van der Waals surface area contributed by atoms with Crippen LogP contribution in [0.1, 0.15) is 39.2 Å². The number of benzene rings is 1. The summed E-state index contributed by atoms with van der Waals surface area (Å²) >= 11 is 0. The summed E-state index contributed by atoms with van der Waals surface area (Å²) in [5.74, 6) is -0.221. The Balaban J connectivity index is 2.79. The van der Waals surface area contributed by atoms with Crippen LogP contribution >= 0.6 is 0 Å². The van der Waals surface area contributed by atoms with E-state index in [0.29, 0.717) is 13.0 Å². The van der Waals surface area contributed by atoms with E-state index in [4.69, 9.17) is 4.74 Å². The third-order valence-corrected chi connectivity index (χ3v) is 3.24.